The summed E-state index contributed by atoms with van der Waals surface area (Å²) in [5, 5.41) is 0. The Labute approximate surface area is 184 Å². The maximum Gasteiger partial charge on any atom is 0.410 e. The van der Waals surface area contributed by atoms with Gasteiger partial charge in [0.25, 0.3) is 0 Å². The van der Waals surface area contributed by atoms with E-state index in [1.165, 1.54) is 5.56 Å². The van der Waals surface area contributed by atoms with Gasteiger partial charge in [0, 0.05) is 51.4 Å². The van der Waals surface area contributed by atoms with Crippen molar-refractivity contribution in [3.05, 3.63) is 53.6 Å². The highest BCUT2D eigenvalue weighted by Gasteiger charge is 2.27. The van der Waals surface area contributed by atoms with Crippen molar-refractivity contribution in [1.82, 2.24) is 14.8 Å². The molecule has 0 N–H and O–H groups in total. The summed E-state index contributed by atoms with van der Waals surface area (Å²) in [6.07, 6.45) is -0.246. The number of ether oxygens (including phenoxy) is 2. The van der Waals surface area contributed by atoms with Gasteiger partial charge in [-0.15, -0.1) is 0 Å². The molecule has 0 atom stereocenters. The number of nitrogens with zero attached hydrogens (tertiary/aromatic N) is 4. The zero-order valence-corrected chi connectivity index (χ0v) is 18.7. The molecule has 2 aliphatic heterocycles. The van der Waals surface area contributed by atoms with E-state index in [0.717, 1.165) is 50.0 Å². The molecular weight excluding hydrogens is 392 g/mol. The first kappa shape index (κ1) is 21.4. The van der Waals surface area contributed by atoms with Crippen LogP contribution in [-0.2, 0) is 17.8 Å². The molecule has 1 aromatic carbocycles. The van der Waals surface area contributed by atoms with Gasteiger partial charge in [0.1, 0.15) is 18.0 Å². The van der Waals surface area contributed by atoms with Crippen LogP contribution in [-0.4, -0.2) is 65.8 Å². The number of carbonyl (C=O) groups is 1. The van der Waals surface area contributed by atoms with Crippen molar-refractivity contribution in [2.24, 2.45) is 0 Å². The van der Waals surface area contributed by atoms with Gasteiger partial charge < -0.3 is 19.3 Å². The number of aromatic nitrogens is 1. The molecule has 0 radical (unpaired) electrons. The van der Waals surface area contributed by atoms with E-state index >= 15 is 0 Å². The van der Waals surface area contributed by atoms with Gasteiger partial charge in [0.05, 0.1) is 0 Å². The third-order valence-corrected chi connectivity index (χ3v) is 5.47. The summed E-state index contributed by atoms with van der Waals surface area (Å²) >= 11 is 0. The molecule has 0 saturated carbocycles. The highest BCUT2D eigenvalue weighted by molar-refractivity contribution is 5.68. The predicted octanol–water partition coefficient (Wildman–Crippen LogP) is 3.53. The van der Waals surface area contributed by atoms with Crippen LogP contribution in [0.4, 0.5) is 10.6 Å². The van der Waals surface area contributed by atoms with Gasteiger partial charge >= 0.3 is 6.09 Å². The van der Waals surface area contributed by atoms with Crippen molar-refractivity contribution < 1.29 is 14.3 Å². The Kier molecular flexibility index (Phi) is 6.32. The number of fused-ring (bicyclic) bond motifs is 1. The zero-order valence-electron chi connectivity index (χ0n) is 18.7. The molecular formula is C24H32N4O3. The summed E-state index contributed by atoms with van der Waals surface area (Å²) < 4.78 is 11.5. The Morgan fingerprint density at radius 3 is 2.48 bits per heavy atom. The summed E-state index contributed by atoms with van der Waals surface area (Å²) in [6.45, 7) is 11.6. The molecule has 7 nitrogen and oxygen atoms in total. The Morgan fingerprint density at radius 1 is 1.03 bits per heavy atom. The summed E-state index contributed by atoms with van der Waals surface area (Å²) in [5.74, 6) is 1.63. The highest BCUT2D eigenvalue weighted by atomic mass is 16.6. The molecule has 1 saturated heterocycles. The van der Waals surface area contributed by atoms with E-state index in [0.29, 0.717) is 19.7 Å². The molecule has 1 fully saturated rings. The standard InChI is InChI=1S/C24H32N4O3/c1-24(2,3)31-23(29)28-13-11-27(12-14-28)21-10-9-20-18-26(15-16-30-22(20)25-21)17-19-7-5-4-6-8-19/h4-10H,11-18H2,1-3H3. The van der Waals surface area contributed by atoms with Crippen LogP contribution in [0.2, 0.25) is 0 Å². The normalized spacial score (nSPS) is 17.5. The van der Waals surface area contributed by atoms with Crippen LogP contribution in [0, 0.1) is 0 Å². The molecule has 3 heterocycles. The summed E-state index contributed by atoms with van der Waals surface area (Å²) in [5.41, 5.74) is 1.95. The van der Waals surface area contributed by atoms with Gasteiger partial charge in [0.15, 0.2) is 0 Å². The van der Waals surface area contributed by atoms with Crippen molar-refractivity contribution in [1.29, 1.82) is 0 Å². The lowest BCUT2D eigenvalue weighted by Gasteiger charge is -2.36. The Balaban J connectivity index is 1.37. The Morgan fingerprint density at radius 2 is 1.77 bits per heavy atom. The van der Waals surface area contributed by atoms with Gasteiger partial charge in [0.2, 0.25) is 5.88 Å². The number of anilines is 1. The fourth-order valence-corrected chi connectivity index (χ4v) is 3.89. The fraction of sp³-hybridized carbons (Fsp3) is 0.500. The quantitative estimate of drug-likeness (QED) is 0.751. The van der Waals surface area contributed by atoms with Crippen LogP contribution in [0.1, 0.15) is 31.9 Å². The minimum absolute atomic E-state index is 0.246. The molecule has 1 amide bonds. The minimum atomic E-state index is -0.474. The van der Waals surface area contributed by atoms with Gasteiger partial charge in [-0.25, -0.2) is 4.79 Å². The van der Waals surface area contributed by atoms with Crippen LogP contribution >= 0.6 is 0 Å². The summed E-state index contributed by atoms with van der Waals surface area (Å²) in [4.78, 5) is 23.5. The maximum atomic E-state index is 12.3. The van der Waals surface area contributed by atoms with E-state index < -0.39 is 5.60 Å². The van der Waals surface area contributed by atoms with Gasteiger partial charge in [-0.2, -0.15) is 4.98 Å². The number of amides is 1. The fourth-order valence-electron chi connectivity index (χ4n) is 3.89. The number of hydrogen-bond acceptors (Lipinski definition) is 6. The number of rotatable bonds is 3. The number of benzene rings is 1. The van der Waals surface area contributed by atoms with Crippen LogP contribution in [0.3, 0.4) is 0 Å². The van der Waals surface area contributed by atoms with Crippen molar-refractivity contribution in [2.45, 2.75) is 39.5 Å². The zero-order chi connectivity index (χ0) is 21.8. The lowest BCUT2D eigenvalue weighted by Crippen LogP contribution is -2.50. The number of carbonyl (C=O) groups excluding carboxylic acids is 1. The average molecular weight is 425 g/mol. The van der Waals surface area contributed by atoms with Crippen molar-refractivity contribution in [3.63, 3.8) is 0 Å². The number of pyridine rings is 1. The van der Waals surface area contributed by atoms with E-state index in [4.69, 9.17) is 14.5 Å². The smallest absolute Gasteiger partial charge is 0.410 e. The van der Waals surface area contributed by atoms with E-state index in [1.807, 2.05) is 26.8 Å². The van der Waals surface area contributed by atoms with Crippen molar-refractivity contribution in [3.8, 4) is 5.88 Å². The highest BCUT2D eigenvalue weighted by Crippen LogP contribution is 2.26. The predicted molar refractivity (Wildman–Crippen MR) is 120 cm³/mol. The van der Waals surface area contributed by atoms with Crippen LogP contribution in [0.25, 0.3) is 0 Å². The third kappa shape index (κ3) is 5.67. The van der Waals surface area contributed by atoms with Gasteiger partial charge in [-0.05, 0) is 38.5 Å². The van der Waals surface area contributed by atoms with E-state index in [9.17, 15) is 4.79 Å². The van der Waals surface area contributed by atoms with Crippen LogP contribution in [0.5, 0.6) is 5.88 Å². The first-order valence-electron chi connectivity index (χ1n) is 11.0. The van der Waals surface area contributed by atoms with E-state index in [2.05, 4.69) is 46.2 Å². The molecule has 166 valence electrons. The first-order valence-corrected chi connectivity index (χ1v) is 11.0. The van der Waals surface area contributed by atoms with Crippen LogP contribution < -0.4 is 9.64 Å². The van der Waals surface area contributed by atoms with Gasteiger partial charge in [-0.1, -0.05) is 30.3 Å². The lowest BCUT2D eigenvalue weighted by molar-refractivity contribution is 0.0240. The molecule has 2 aliphatic rings. The second kappa shape index (κ2) is 9.14. The molecule has 0 unspecified atom stereocenters. The monoisotopic (exact) mass is 424 g/mol. The molecule has 0 bridgehead atoms. The SMILES string of the molecule is CC(C)(C)OC(=O)N1CCN(c2ccc3c(n2)OCCN(Cc2ccccc2)C3)CC1. The lowest BCUT2D eigenvalue weighted by atomic mass is 10.2. The number of hydrogen-bond donors (Lipinski definition) is 0. The largest absolute Gasteiger partial charge is 0.476 e. The topological polar surface area (TPSA) is 58.1 Å². The average Bonchev–Trinajstić information content (AvgIpc) is 2.94. The summed E-state index contributed by atoms with van der Waals surface area (Å²) in [6, 6.07) is 14.7. The van der Waals surface area contributed by atoms with E-state index in [1.54, 1.807) is 4.90 Å². The van der Waals surface area contributed by atoms with Crippen LogP contribution in [0.15, 0.2) is 42.5 Å². The second-order valence-corrected chi connectivity index (χ2v) is 9.13. The van der Waals surface area contributed by atoms with Crippen molar-refractivity contribution >= 4 is 11.9 Å². The maximum absolute atomic E-state index is 12.3. The second-order valence-electron chi connectivity index (χ2n) is 9.13. The van der Waals surface area contributed by atoms with E-state index in [-0.39, 0.29) is 6.09 Å². The first-order chi connectivity index (χ1) is 14.9. The molecule has 1 aromatic heterocycles. The Hall–Kier alpha value is -2.80. The molecule has 4 rings (SSSR count). The summed E-state index contributed by atoms with van der Waals surface area (Å²) in [7, 11) is 0. The number of piperazine rings is 1. The Bertz CT molecular complexity index is 889. The molecule has 0 aliphatic carbocycles. The molecule has 31 heavy (non-hydrogen) atoms. The molecule has 0 spiro atoms. The van der Waals surface area contributed by atoms with Gasteiger partial charge in [-0.3, -0.25) is 4.90 Å². The molecule has 7 heteroatoms. The molecule has 2 aromatic rings. The van der Waals surface area contributed by atoms with Crippen molar-refractivity contribution in [2.75, 3.05) is 44.2 Å². The third-order valence-electron chi connectivity index (χ3n) is 5.47. The minimum Gasteiger partial charge on any atom is -0.476 e.